The number of amides is 3. The SMILES string of the molecule is CC1CC2CC(C)(O)CC([C@H](NC(=O)OC(C)(C)C)C(=O)N3C4C5[C@H]4C[C@H]5[C@H]3C(N)=O)(C1)C2. The molecule has 8 heteroatoms. The molecule has 0 aromatic heterocycles. The summed E-state index contributed by atoms with van der Waals surface area (Å²) < 4.78 is 5.55. The highest BCUT2D eigenvalue weighted by atomic mass is 16.6. The maximum absolute atomic E-state index is 14.2. The van der Waals surface area contributed by atoms with E-state index in [2.05, 4.69) is 12.2 Å². The Bertz CT molecular complexity index is 878. The minimum absolute atomic E-state index is 0.0558. The summed E-state index contributed by atoms with van der Waals surface area (Å²) in [6.07, 6.45) is 3.97. The standard InChI is InChI=1S/C25H39N3O5/c1-12-6-13-9-24(5,32)11-25(8-12,10-13)19(27-22(31)33-23(2,3)4)21(30)28-17-14-7-15(16(14)17)18(28)20(26)29/h12-19,32H,6-11H2,1-5H3,(H2,26,29)(H,27,31)/t12?,13?,14-,15-,16?,17?,18+,19-,24?,25?/m1/s1. The molecule has 1 saturated heterocycles. The Morgan fingerprint density at radius 3 is 2.48 bits per heavy atom. The highest BCUT2D eigenvalue weighted by Crippen LogP contribution is 2.70. The van der Waals surface area contributed by atoms with E-state index in [-0.39, 0.29) is 17.9 Å². The minimum Gasteiger partial charge on any atom is -0.444 e. The highest BCUT2D eigenvalue weighted by Gasteiger charge is 2.76. The molecular formula is C25H39N3O5. The fourth-order valence-electron chi connectivity index (χ4n) is 8.51. The van der Waals surface area contributed by atoms with Gasteiger partial charge in [0.2, 0.25) is 11.8 Å². The second-order valence-corrected chi connectivity index (χ2v) is 13.2. The van der Waals surface area contributed by atoms with Crippen molar-refractivity contribution in [2.24, 2.45) is 40.7 Å². The summed E-state index contributed by atoms with van der Waals surface area (Å²) in [5.74, 6) is 0.964. The molecule has 1 heterocycles. The third kappa shape index (κ3) is 3.72. The van der Waals surface area contributed by atoms with E-state index in [1.165, 1.54) is 0 Å². The van der Waals surface area contributed by atoms with E-state index in [1.54, 1.807) is 25.7 Å². The first kappa shape index (κ1) is 22.9. The number of carbonyl (C=O) groups excluding carboxylic acids is 3. The Morgan fingerprint density at radius 2 is 1.85 bits per heavy atom. The predicted octanol–water partition coefficient (Wildman–Crippen LogP) is 2.18. The van der Waals surface area contributed by atoms with E-state index in [1.807, 2.05) is 6.92 Å². The molecule has 2 bridgehead atoms. The largest absolute Gasteiger partial charge is 0.444 e. The number of ether oxygens (including phenoxy) is 1. The molecule has 0 aromatic carbocycles. The van der Waals surface area contributed by atoms with Crippen LogP contribution in [0.1, 0.15) is 73.1 Å². The van der Waals surface area contributed by atoms with E-state index in [0.29, 0.717) is 36.5 Å². The molecule has 33 heavy (non-hydrogen) atoms. The average molecular weight is 462 g/mol. The quantitative estimate of drug-likeness (QED) is 0.592. The van der Waals surface area contributed by atoms with E-state index >= 15 is 0 Å². The fraction of sp³-hybridized carbons (Fsp3) is 0.880. The average Bonchev–Trinajstić information content (AvgIpc) is 3.08. The van der Waals surface area contributed by atoms with Gasteiger partial charge in [-0.05, 0) is 95.8 Å². The molecule has 0 spiro atoms. The van der Waals surface area contributed by atoms with Gasteiger partial charge >= 0.3 is 6.09 Å². The van der Waals surface area contributed by atoms with Crippen LogP contribution in [0.15, 0.2) is 0 Å². The van der Waals surface area contributed by atoms with Crippen molar-refractivity contribution in [2.75, 3.05) is 0 Å². The second kappa shape index (κ2) is 7.09. The van der Waals surface area contributed by atoms with Gasteiger partial charge in [0.25, 0.3) is 0 Å². The van der Waals surface area contributed by atoms with Crippen molar-refractivity contribution < 1.29 is 24.2 Å². The normalized spacial score (nSPS) is 46.0. The number of hydrogen-bond donors (Lipinski definition) is 3. The van der Waals surface area contributed by atoms with Crippen molar-refractivity contribution in [1.29, 1.82) is 0 Å². The zero-order valence-electron chi connectivity index (χ0n) is 20.5. The van der Waals surface area contributed by atoms with Crippen LogP contribution in [0, 0.1) is 35.0 Å². The molecule has 3 amide bonds. The number of likely N-dealkylation sites (tertiary alicyclic amines) is 1. The predicted molar refractivity (Wildman–Crippen MR) is 121 cm³/mol. The van der Waals surface area contributed by atoms with Gasteiger partial charge in [0.05, 0.1) is 5.60 Å². The van der Waals surface area contributed by atoms with Crippen LogP contribution < -0.4 is 11.1 Å². The minimum atomic E-state index is -0.907. The number of nitrogens with zero attached hydrogens (tertiary/aromatic N) is 1. The summed E-state index contributed by atoms with van der Waals surface area (Å²) >= 11 is 0. The first-order valence-corrected chi connectivity index (χ1v) is 12.5. The lowest BCUT2D eigenvalue weighted by Crippen LogP contribution is -2.65. The number of hydrogen-bond acceptors (Lipinski definition) is 5. The monoisotopic (exact) mass is 461 g/mol. The third-order valence-electron chi connectivity index (χ3n) is 8.97. The fourth-order valence-corrected chi connectivity index (χ4v) is 8.51. The van der Waals surface area contributed by atoms with Gasteiger partial charge in [0.1, 0.15) is 17.7 Å². The third-order valence-corrected chi connectivity index (χ3v) is 8.97. The summed E-state index contributed by atoms with van der Waals surface area (Å²) in [4.78, 5) is 41.3. The molecule has 184 valence electrons. The Balaban J connectivity index is 1.50. The second-order valence-electron chi connectivity index (χ2n) is 13.2. The molecule has 5 fully saturated rings. The number of rotatable bonds is 4. The number of carbonyl (C=O) groups is 3. The number of nitrogens with two attached hydrogens (primary N) is 1. The van der Waals surface area contributed by atoms with Crippen molar-refractivity contribution in [3.8, 4) is 0 Å². The molecule has 1 aliphatic heterocycles. The van der Waals surface area contributed by atoms with Crippen molar-refractivity contribution in [3.05, 3.63) is 0 Å². The number of nitrogens with one attached hydrogen (secondary N) is 1. The first-order chi connectivity index (χ1) is 15.2. The van der Waals surface area contributed by atoms with Crippen LogP contribution in [-0.2, 0) is 14.3 Å². The van der Waals surface area contributed by atoms with Gasteiger partial charge < -0.3 is 25.8 Å². The number of primary amides is 1. The van der Waals surface area contributed by atoms with Gasteiger partial charge in [-0.25, -0.2) is 4.79 Å². The molecule has 4 N–H and O–H groups in total. The topological polar surface area (TPSA) is 122 Å². The smallest absolute Gasteiger partial charge is 0.408 e. The number of alkyl carbamates (subject to hydrolysis) is 1. The van der Waals surface area contributed by atoms with Gasteiger partial charge in [-0.3, -0.25) is 9.59 Å². The number of aliphatic hydroxyl groups is 1. The Labute approximate surface area is 196 Å². The number of piperidine rings is 2. The van der Waals surface area contributed by atoms with Gasteiger partial charge in [0.15, 0.2) is 0 Å². The van der Waals surface area contributed by atoms with Crippen molar-refractivity contribution in [1.82, 2.24) is 10.2 Å². The van der Waals surface area contributed by atoms with E-state index in [0.717, 1.165) is 25.7 Å². The molecule has 5 aliphatic rings. The summed E-state index contributed by atoms with van der Waals surface area (Å²) in [5.41, 5.74) is 3.57. The first-order valence-electron chi connectivity index (χ1n) is 12.5. The van der Waals surface area contributed by atoms with Crippen LogP contribution in [0.5, 0.6) is 0 Å². The number of fused-ring (bicyclic) bond motifs is 3. The van der Waals surface area contributed by atoms with E-state index < -0.39 is 40.7 Å². The summed E-state index contributed by atoms with van der Waals surface area (Å²) in [7, 11) is 0. The Kier molecular flexibility index (Phi) is 4.93. The molecule has 10 atom stereocenters. The summed E-state index contributed by atoms with van der Waals surface area (Å²) in [6.45, 7) is 9.39. The van der Waals surface area contributed by atoms with Crippen LogP contribution in [0.2, 0.25) is 0 Å². The molecule has 4 aliphatic carbocycles. The van der Waals surface area contributed by atoms with Crippen LogP contribution in [0.4, 0.5) is 4.79 Å². The van der Waals surface area contributed by atoms with Crippen LogP contribution >= 0.6 is 0 Å². The van der Waals surface area contributed by atoms with Crippen LogP contribution in [-0.4, -0.2) is 57.2 Å². The Morgan fingerprint density at radius 1 is 1.15 bits per heavy atom. The summed E-state index contributed by atoms with van der Waals surface area (Å²) in [5, 5.41) is 14.1. The molecule has 0 radical (unpaired) electrons. The summed E-state index contributed by atoms with van der Waals surface area (Å²) in [6, 6.07) is -1.40. The lowest BCUT2D eigenvalue weighted by atomic mass is 9.53. The van der Waals surface area contributed by atoms with Gasteiger partial charge in [-0.15, -0.1) is 0 Å². The van der Waals surface area contributed by atoms with Gasteiger partial charge in [0, 0.05) is 11.5 Å². The molecule has 6 unspecified atom stereocenters. The zero-order valence-corrected chi connectivity index (χ0v) is 20.5. The van der Waals surface area contributed by atoms with Crippen molar-refractivity contribution >= 4 is 17.9 Å². The van der Waals surface area contributed by atoms with Crippen molar-refractivity contribution in [2.45, 2.75) is 102 Å². The lowest BCUT2D eigenvalue weighted by molar-refractivity contribution is -0.155. The molecule has 0 aromatic rings. The van der Waals surface area contributed by atoms with Gasteiger partial charge in [-0.1, -0.05) is 6.92 Å². The van der Waals surface area contributed by atoms with Gasteiger partial charge in [-0.2, -0.15) is 0 Å². The zero-order chi connectivity index (χ0) is 24.1. The lowest BCUT2D eigenvalue weighted by Gasteiger charge is -2.56. The molecule has 4 saturated carbocycles. The molecule has 5 rings (SSSR count). The Hall–Kier alpha value is -1.83. The maximum Gasteiger partial charge on any atom is 0.408 e. The molecular weight excluding hydrogens is 422 g/mol. The molecule has 8 nitrogen and oxygen atoms in total. The van der Waals surface area contributed by atoms with Crippen LogP contribution in [0.25, 0.3) is 0 Å². The van der Waals surface area contributed by atoms with Crippen molar-refractivity contribution in [3.63, 3.8) is 0 Å². The van der Waals surface area contributed by atoms with E-state index in [9.17, 15) is 19.5 Å². The highest BCUT2D eigenvalue weighted by molar-refractivity contribution is 5.93. The van der Waals surface area contributed by atoms with Crippen LogP contribution in [0.3, 0.4) is 0 Å². The van der Waals surface area contributed by atoms with E-state index in [4.69, 9.17) is 10.5 Å². The maximum atomic E-state index is 14.2.